The lowest BCUT2D eigenvalue weighted by molar-refractivity contribution is 0.0467. The van der Waals surface area contributed by atoms with Gasteiger partial charge in [-0.25, -0.2) is 4.39 Å². The molecule has 0 bridgehead atoms. The highest BCUT2D eigenvalue weighted by Crippen LogP contribution is 2.41. The smallest absolute Gasteiger partial charge is 0.178 e. The largest absolute Gasteiger partial charge is 0.382 e. The van der Waals surface area contributed by atoms with E-state index in [2.05, 4.69) is 10.3 Å². The number of halogens is 7. The minimum Gasteiger partial charge on any atom is -0.382 e. The maximum Gasteiger partial charge on any atom is 0.178 e. The third-order valence-corrected chi connectivity index (χ3v) is 7.13. The molecule has 0 radical (unpaired) electrons. The molecule has 0 aliphatic rings. The molecule has 4 aromatic rings. The molecule has 204 valence electrons. The first-order chi connectivity index (χ1) is 17.7. The molecule has 38 heavy (non-hydrogen) atoms. The van der Waals surface area contributed by atoms with Gasteiger partial charge in [0, 0.05) is 22.3 Å². The Morgan fingerprint density at radius 1 is 0.711 bits per heavy atom. The van der Waals surface area contributed by atoms with E-state index in [4.69, 9.17) is 78.7 Å². The average molecular weight is 643 g/mol. The molecule has 0 saturated heterocycles. The first-order valence-corrected chi connectivity index (χ1v) is 13.7. The summed E-state index contributed by atoms with van der Waals surface area (Å²) in [5.41, 5.74) is 0.0933. The predicted molar refractivity (Wildman–Crippen MR) is 152 cm³/mol. The molecule has 0 aliphatic carbocycles. The van der Waals surface area contributed by atoms with Crippen molar-refractivity contribution < 1.29 is 18.5 Å². The molecule has 0 saturated carbocycles. The molecule has 2 aromatic heterocycles. The third kappa shape index (κ3) is 6.61. The summed E-state index contributed by atoms with van der Waals surface area (Å²) in [6.45, 7) is 5.95. The Morgan fingerprint density at radius 2 is 1.05 bits per heavy atom. The second kappa shape index (κ2) is 12.3. The van der Waals surface area contributed by atoms with Crippen LogP contribution in [0.4, 0.5) is 4.39 Å². The van der Waals surface area contributed by atoms with Crippen molar-refractivity contribution in [3.63, 3.8) is 0 Å². The number of hydrogen-bond acceptors (Lipinski definition) is 5. The number of hydrogen-bond donors (Lipinski definition) is 1. The lowest BCUT2D eigenvalue weighted by Gasteiger charge is -2.14. The summed E-state index contributed by atoms with van der Waals surface area (Å²) in [6, 6.07) is 10.2. The fraction of sp³-hybridized carbons (Fsp3) is 0.308. The van der Waals surface area contributed by atoms with Crippen molar-refractivity contribution in [2.45, 2.75) is 50.7 Å². The van der Waals surface area contributed by atoms with E-state index in [9.17, 15) is 9.50 Å². The van der Waals surface area contributed by atoms with Gasteiger partial charge in [-0.1, -0.05) is 68.8 Å². The van der Waals surface area contributed by atoms with Crippen LogP contribution in [0, 0.1) is 0 Å². The van der Waals surface area contributed by atoms with Crippen molar-refractivity contribution in [2.75, 3.05) is 0 Å². The Bertz CT molecular complexity index is 1280. The predicted octanol–water partition coefficient (Wildman–Crippen LogP) is 10.2. The third-order valence-electron chi connectivity index (χ3n) is 5.34. The molecule has 0 spiro atoms. The van der Waals surface area contributed by atoms with E-state index in [1.54, 1.807) is 50.2 Å². The summed E-state index contributed by atoms with van der Waals surface area (Å²) in [5, 5.41) is 19.6. The molecule has 0 unspecified atom stereocenters. The lowest BCUT2D eigenvalue weighted by atomic mass is 9.99. The van der Waals surface area contributed by atoms with Crippen LogP contribution in [-0.2, 0) is 23.0 Å². The maximum absolute atomic E-state index is 14.0. The van der Waals surface area contributed by atoms with Crippen LogP contribution in [0.1, 0.15) is 50.3 Å². The van der Waals surface area contributed by atoms with Crippen molar-refractivity contribution >= 4 is 69.6 Å². The number of nitrogens with zero attached hydrogens (tertiary/aromatic N) is 2. The zero-order valence-corrected chi connectivity index (χ0v) is 25.2. The van der Waals surface area contributed by atoms with E-state index < -0.39 is 11.3 Å². The molecule has 4 rings (SSSR count). The molecule has 12 heteroatoms. The Hall–Kier alpha value is -1.51. The topological polar surface area (TPSA) is 72.3 Å². The van der Waals surface area contributed by atoms with E-state index in [0.29, 0.717) is 59.5 Å². The van der Waals surface area contributed by atoms with Gasteiger partial charge in [0.1, 0.15) is 17.0 Å². The van der Waals surface area contributed by atoms with Crippen LogP contribution in [0.25, 0.3) is 22.5 Å². The maximum atomic E-state index is 14.0. The standard InChI is InChI=1S/C13H11Cl3FNO.C13H12Cl3NO2/c1-13(2,17)12-7(6-14)11(18-19-12)10-8(15)4-3-5-9(10)16;1-13(2,18)12-7(6-14)11(17-19-12)10-8(15)4-3-5-9(10)16/h3-5H,6H2,1-2H3;3-5,18H,6H2,1-2H3. The van der Waals surface area contributed by atoms with E-state index in [1.165, 1.54) is 13.8 Å². The molecule has 5 nitrogen and oxygen atoms in total. The molecular formula is C26H23Cl6FN2O3. The van der Waals surface area contributed by atoms with E-state index in [1.807, 2.05) is 0 Å². The van der Waals surface area contributed by atoms with Gasteiger partial charge in [-0.2, -0.15) is 0 Å². The number of benzene rings is 2. The molecular weight excluding hydrogens is 620 g/mol. The fourth-order valence-electron chi connectivity index (χ4n) is 3.66. The summed E-state index contributed by atoms with van der Waals surface area (Å²) in [6.07, 6.45) is 0. The van der Waals surface area contributed by atoms with Crippen LogP contribution < -0.4 is 0 Å². The van der Waals surface area contributed by atoms with Crippen LogP contribution in [0.5, 0.6) is 0 Å². The van der Waals surface area contributed by atoms with Gasteiger partial charge in [0.05, 0.1) is 31.9 Å². The highest BCUT2D eigenvalue weighted by molar-refractivity contribution is 6.39. The summed E-state index contributed by atoms with van der Waals surface area (Å²) in [5.74, 6) is 0.602. The monoisotopic (exact) mass is 640 g/mol. The summed E-state index contributed by atoms with van der Waals surface area (Å²) < 4.78 is 24.3. The van der Waals surface area contributed by atoms with Gasteiger partial charge in [0.15, 0.2) is 17.2 Å². The molecule has 0 aliphatic heterocycles. The highest BCUT2D eigenvalue weighted by atomic mass is 35.5. The number of aliphatic hydroxyl groups is 1. The number of aromatic nitrogens is 2. The molecule has 2 heterocycles. The van der Waals surface area contributed by atoms with Gasteiger partial charge in [-0.3, -0.25) is 0 Å². The van der Waals surface area contributed by atoms with Gasteiger partial charge in [0.25, 0.3) is 0 Å². The minimum absolute atomic E-state index is 0.0586. The Labute approximate surface area is 249 Å². The summed E-state index contributed by atoms with van der Waals surface area (Å²) in [7, 11) is 0. The fourth-order valence-corrected chi connectivity index (χ4v) is 5.30. The van der Waals surface area contributed by atoms with Crippen molar-refractivity contribution in [1.29, 1.82) is 0 Å². The van der Waals surface area contributed by atoms with Crippen molar-refractivity contribution in [1.82, 2.24) is 10.3 Å². The zero-order chi connectivity index (χ0) is 28.4. The highest BCUT2D eigenvalue weighted by Gasteiger charge is 2.32. The number of alkyl halides is 3. The summed E-state index contributed by atoms with van der Waals surface area (Å²) in [4.78, 5) is 0. The van der Waals surface area contributed by atoms with Gasteiger partial charge in [0.2, 0.25) is 0 Å². The van der Waals surface area contributed by atoms with Gasteiger partial charge in [-0.05, 0) is 52.0 Å². The van der Waals surface area contributed by atoms with Crippen molar-refractivity contribution in [3.8, 4) is 22.5 Å². The van der Waals surface area contributed by atoms with Crippen LogP contribution in [0.2, 0.25) is 20.1 Å². The van der Waals surface area contributed by atoms with Crippen LogP contribution in [0.15, 0.2) is 45.4 Å². The first-order valence-electron chi connectivity index (χ1n) is 11.1. The quantitative estimate of drug-likeness (QED) is 0.212. The van der Waals surface area contributed by atoms with E-state index >= 15 is 0 Å². The van der Waals surface area contributed by atoms with E-state index in [-0.39, 0.29) is 17.5 Å². The average Bonchev–Trinajstić information content (AvgIpc) is 3.43. The van der Waals surface area contributed by atoms with Crippen LogP contribution in [-0.4, -0.2) is 15.4 Å². The van der Waals surface area contributed by atoms with Crippen LogP contribution in [0.3, 0.4) is 0 Å². The SMILES string of the molecule is CC(C)(F)c1onc(-c2c(Cl)cccc2Cl)c1CCl.CC(C)(O)c1onc(-c2c(Cl)cccc2Cl)c1CCl. The molecule has 1 N–H and O–H groups in total. The number of rotatable bonds is 6. The van der Waals surface area contributed by atoms with Gasteiger partial charge in [-0.15, -0.1) is 23.2 Å². The lowest BCUT2D eigenvalue weighted by Crippen LogP contribution is -2.16. The van der Waals surface area contributed by atoms with Crippen LogP contribution >= 0.6 is 69.6 Å². The van der Waals surface area contributed by atoms with Gasteiger partial charge >= 0.3 is 0 Å². The molecule has 0 amide bonds. The summed E-state index contributed by atoms with van der Waals surface area (Å²) >= 11 is 36.3. The minimum atomic E-state index is -1.68. The molecule has 0 atom stereocenters. The Balaban J connectivity index is 0.000000211. The first kappa shape index (κ1) is 31.0. The Morgan fingerprint density at radius 3 is 1.37 bits per heavy atom. The Kier molecular flexibility index (Phi) is 10.1. The van der Waals surface area contributed by atoms with E-state index in [0.717, 1.165) is 0 Å². The van der Waals surface area contributed by atoms with Crippen molar-refractivity contribution in [2.24, 2.45) is 0 Å². The zero-order valence-electron chi connectivity index (χ0n) is 20.7. The molecule has 2 aromatic carbocycles. The second-order valence-electron chi connectivity index (χ2n) is 9.17. The van der Waals surface area contributed by atoms with Crippen molar-refractivity contribution in [3.05, 3.63) is 79.1 Å². The molecule has 0 fully saturated rings. The van der Waals surface area contributed by atoms with Gasteiger partial charge < -0.3 is 14.2 Å². The normalized spacial score (nSPS) is 11.9. The second-order valence-corrected chi connectivity index (χ2v) is 11.3.